The van der Waals surface area contributed by atoms with Crippen molar-refractivity contribution in [1.82, 2.24) is 5.32 Å². The Kier molecular flexibility index (Phi) is 6.88. The average Bonchev–Trinajstić information content (AvgIpc) is 2.79. The normalized spacial score (nSPS) is 13.8. The van der Waals surface area contributed by atoms with Gasteiger partial charge in [0.15, 0.2) is 11.3 Å². The van der Waals surface area contributed by atoms with Gasteiger partial charge in [-0.1, -0.05) is 0 Å². The van der Waals surface area contributed by atoms with Gasteiger partial charge in [0, 0.05) is 49.6 Å². The van der Waals surface area contributed by atoms with Crippen molar-refractivity contribution in [3.63, 3.8) is 0 Å². The molecule has 3 aromatic rings. The number of rotatable bonds is 7. The number of carbonyl (C=O) groups is 1. The Labute approximate surface area is 189 Å². The molecular formula is C24H25F2N3O4. The molecule has 1 aliphatic heterocycles. The molecule has 0 saturated carbocycles. The van der Waals surface area contributed by atoms with Gasteiger partial charge >= 0.3 is 0 Å². The molecule has 174 valence electrons. The average molecular weight is 457 g/mol. The van der Waals surface area contributed by atoms with Crippen LogP contribution in [0.2, 0.25) is 0 Å². The highest BCUT2D eigenvalue weighted by atomic mass is 19.1. The van der Waals surface area contributed by atoms with E-state index in [4.69, 9.17) is 9.15 Å². The molecule has 0 spiro atoms. The van der Waals surface area contributed by atoms with Crippen LogP contribution < -0.4 is 21.0 Å². The van der Waals surface area contributed by atoms with Crippen molar-refractivity contribution < 1.29 is 22.7 Å². The molecule has 0 bridgehead atoms. The molecular weight excluding hydrogens is 432 g/mol. The number of anilines is 2. The standard InChI is InChI=1S/C24H25F2N3O4/c1-2-27-24(31)16-9-15(3-4-28-19-12-17(25)11-18(26)13-19)23-20(10-16)21(30)14-22(33-23)29-5-7-32-8-6-29/h9-14,28H,2-8H2,1H3,(H,27,31). The molecule has 1 fully saturated rings. The monoisotopic (exact) mass is 457 g/mol. The Balaban J connectivity index is 1.69. The maximum atomic E-state index is 13.5. The van der Waals surface area contributed by atoms with E-state index in [2.05, 4.69) is 10.6 Å². The fourth-order valence-electron chi connectivity index (χ4n) is 3.83. The van der Waals surface area contributed by atoms with Gasteiger partial charge in [-0.15, -0.1) is 0 Å². The van der Waals surface area contributed by atoms with Crippen molar-refractivity contribution in [3.8, 4) is 0 Å². The molecule has 1 aromatic heterocycles. The van der Waals surface area contributed by atoms with E-state index < -0.39 is 11.6 Å². The molecule has 4 rings (SSSR count). The van der Waals surface area contributed by atoms with Gasteiger partial charge in [-0.2, -0.15) is 0 Å². The number of halogens is 2. The number of hydrogen-bond acceptors (Lipinski definition) is 6. The number of hydrogen-bond donors (Lipinski definition) is 2. The lowest BCUT2D eigenvalue weighted by atomic mass is 10.0. The molecule has 0 unspecified atom stereocenters. The minimum atomic E-state index is -0.678. The van der Waals surface area contributed by atoms with Crippen LogP contribution in [0.25, 0.3) is 11.0 Å². The Morgan fingerprint density at radius 3 is 2.48 bits per heavy atom. The summed E-state index contributed by atoms with van der Waals surface area (Å²) in [6.07, 6.45) is 0.359. The second-order valence-electron chi connectivity index (χ2n) is 7.75. The summed E-state index contributed by atoms with van der Waals surface area (Å²) in [6.45, 7) is 4.86. The van der Waals surface area contributed by atoms with Gasteiger partial charge < -0.3 is 24.7 Å². The van der Waals surface area contributed by atoms with Crippen LogP contribution >= 0.6 is 0 Å². The third-order valence-corrected chi connectivity index (χ3v) is 5.40. The van der Waals surface area contributed by atoms with Gasteiger partial charge in [0.2, 0.25) is 0 Å². The zero-order chi connectivity index (χ0) is 23.4. The second kappa shape index (κ2) is 9.99. The van der Waals surface area contributed by atoms with Gasteiger partial charge in [-0.05, 0) is 43.2 Å². The first-order valence-electron chi connectivity index (χ1n) is 10.9. The van der Waals surface area contributed by atoms with Crippen molar-refractivity contribution in [2.45, 2.75) is 13.3 Å². The van der Waals surface area contributed by atoms with Crippen molar-refractivity contribution in [2.24, 2.45) is 0 Å². The molecule has 33 heavy (non-hydrogen) atoms. The largest absolute Gasteiger partial charge is 0.440 e. The van der Waals surface area contributed by atoms with E-state index in [0.717, 1.165) is 6.07 Å². The van der Waals surface area contributed by atoms with Crippen LogP contribution in [-0.2, 0) is 11.2 Å². The van der Waals surface area contributed by atoms with E-state index in [1.807, 2.05) is 11.8 Å². The Morgan fingerprint density at radius 1 is 1.06 bits per heavy atom. The second-order valence-corrected chi connectivity index (χ2v) is 7.75. The predicted molar refractivity (Wildman–Crippen MR) is 122 cm³/mol. The number of amides is 1. The summed E-state index contributed by atoms with van der Waals surface area (Å²) in [5.74, 6) is -1.20. The number of ether oxygens (including phenoxy) is 1. The number of benzene rings is 2. The summed E-state index contributed by atoms with van der Waals surface area (Å²) >= 11 is 0. The van der Waals surface area contributed by atoms with Crippen LogP contribution in [0, 0.1) is 11.6 Å². The molecule has 2 aromatic carbocycles. The van der Waals surface area contributed by atoms with Crippen LogP contribution in [0.5, 0.6) is 0 Å². The third-order valence-electron chi connectivity index (χ3n) is 5.40. The molecule has 1 aliphatic rings. The first-order valence-corrected chi connectivity index (χ1v) is 10.9. The van der Waals surface area contributed by atoms with E-state index >= 15 is 0 Å². The first-order chi connectivity index (χ1) is 15.9. The SMILES string of the molecule is CCNC(=O)c1cc(CCNc2cc(F)cc(F)c2)c2oc(N3CCOCC3)cc(=O)c2c1. The summed E-state index contributed by atoms with van der Waals surface area (Å²) in [4.78, 5) is 27.4. The minimum absolute atomic E-state index is 0.245. The van der Waals surface area contributed by atoms with E-state index in [0.29, 0.717) is 79.5 Å². The molecule has 0 atom stereocenters. The van der Waals surface area contributed by atoms with E-state index in [1.165, 1.54) is 24.3 Å². The quantitative estimate of drug-likeness (QED) is 0.567. The fraction of sp³-hybridized carbons (Fsp3) is 0.333. The zero-order valence-electron chi connectivity index (χ0n) is 18.2. The molecule has 0 radical (unpaired) electrons. The lowest BCUT2D eigenvalue weighted by molar-refractivity contribution is 0.0956. The number of nitrogens with one attached hydrogen (secondary N) is 2. The molecule has 0 aliphatic carbocycles. The van der Waals surface area contributed by atoms with Gasteiger partial charge in [0.1, 0.15) is 17.2 Å². The smallest absolute Gasteiger partial charge is 0.251 e. The van der Waals surface area contributed by atoms with Crippen LogP contribution in [0.1, 0.15) is 22.8 Å². The Hall–Kier alpha value is -3.46. The molecule has 9 heteroatoms. The summed E-state index contributed by atoms with van der Waals surface area (Å²) in [5.41, 5.74) is 1.44. The van der Waals surface area contributed by atoms with E-state index in [1.54, 1.807) is 6.07 Å². The maximum absolute atomic E-state index is 13.5. The number of carbonyl (C=O) groups excluding carboxylic acids is 1. The van der Waals surface area contributed by atoms with Crippen molar-refractivity contribution >= 4 is 28.4 Å². The zero-order valence-corrected chi connectivity index (χ0v) is 18.2. The van der Waals surface area contributed by atoms with Gasteiger partial charge in [-0.3, -0.25) is 9.59 Å². The summed E-state index contributed by atoms with van der Waals surface area (Å²) < 4.78 is 38.5. The van der Waals surface area contributed by atoms with Gasteiger partial charge in [0.25, 0.3) is 5.91 Å². The van der Waals surface area contributed by atoms with Crippen LogP contribution in [0.3, 0.4) is 0 Å². The van der Waals surface area contributed by atoms with Gasteiger partial charge in [-0.25, -0.2) is 8.78 Å². The fourth-order valence-corrected chi connectivity index (χ4v) is 3.83. The number of morpholine rings is 1. The number of nitrogens with zero attached hydrogens (tertiary/aromatic N) is 1. The molecule has 7 nitrogen and oxygen atoms in total. The van der Waals surface area contributed by atoms with Crippen molar-refractivity contribution in [3.05, 3.63) is 69.4 Å². The Bertz CT molecular complexity index is 1200. The third kappa shape index (κ3) is 5.31. The van der Waals surface area contributed by atoms with Crippen molar-refractivity contribution in [2.75, 3.05) is 49.6 Å². The van der Waals surface area contributed by atoms with Crippen LogP contribution in [0.15, 0.2) is 45.6 Å². The molecule has 1 amide bonds. The first kappa shape index (κ1) is 22.7. The summed E-state index contributed by atoms with van der Waals surface area (Å²) in [7, 11) is 0. The lowest BCUT2D eigenvalue weighted by Gasteiger charge is -2.27. The summed E-state index contributed by atoms with van der Waals surface area (Å²) in [5, 5.41) is 6.02. The van der Waals surface area contributed by atoms with Crippen LogP contribution in [0.4, 0.5) is 20.4 Å². The highest BCUT2D eigenvalue weighted by Gasteiger charge is 2.19. The predicted octanol–water partition coefficient (Wildman–Crippen LogP) is 3.31. The topological polar surface area (TPSA) is 83.8 Å². The highest BCUT2D eigenvalue weighted by Crippen LogP contribution is 2.25. The van der Waals surface area contributed by atoms with Gasteiger partial charge in [0.05, 0.1) is 18.6 Å². The summed E-state index contributed by atoms with van der Waals surface area (Å²) in [6, 6.07) is 7.86. The minimum Gasteiger partial charge on any atom is -0.440 e. The highest BCUT2D eigenvalue weighted by molar-refractivity contribution is 5.98. The van der Waals surface area contributed by atoms with Crippen LogP contribution in [-0.4, -0.2) is 45.3 Å². The van der Waals surface area contributed by atoms with E-state index in [9.17, 15) is 18.4 Å². The van der Waals surface area contributed by atoms with Crippen molar-refractivity contribution in [1.29, 1.82) is 0 Å². The Morgan fingerprint density at radius 2 is 1.79 bits per heavy atom. The molecule has 2 heterocycles. The molecule has 1 saturated heterocycles. The molecule has 2 N–H and O–H groups in total. The van der Waals surface area contributed by atoms with E-state index in [-0.39, 0.29) is 11.3 Å². The number of fused-ring (bicyclic) bond motifs is 1. The lowest BCUT2D eigenvalue weighted by Crippen LogP contribution is -2.36. The maximum Gasteiger partial charge on any atom is 0.251 e.